The van der Waals surface area contributed by atoms with Crippen LogP contribution in [0.1, 0.15) is 12.8 Å². The van der Waals surface area contributed by atoms with Crippen molar-refractivity contribution in [3.05, 3.63) is 0 Å². The van der Waals surface area contributed by atoms with Crippen LogP contribution in [0.4, 0.5) is 13.2 Å². The molecule has 0 radical (unpaired) electrons. The molecule has 2 rings (SSSR count). The van der Waals surface area contributed by atoms with Gasteiger partial charge in [0.2, 0.25) is 5.91 Å². The molecule has 3 atom stereocenters. The molecule has 0 spiro atoms. The van der Waals surface area contributed by atoms with Crippen molar-refractivity contribution in [1.82, 2.24) is 10.2 Å². The van der Waals surface area contributed by atoms with E-state index in [-0.39, 0.29) is 24.4 Å². The third kappa shape index (κ3) is 2.61. The Bertz CT molecular complexity index is 321. The summed E-state index contributed by atoms with van der Waals surface area (Å²) >= 11 is 0. The van der Waals surface area contributed by atoms with E-state index in [1.807, 2.05) is 0 Å². The summed E-state index contributed by atoms with van der Waals surface area (Å²) in [6, 6.07) is -0.0948. The molecule has 4 nitrogen and oxygen atoms in total. The number of carbonyl (C=O) groups is 1. The minimum Gasteiger partial charge on any atom is -0.354 e. The molecule has 0 saturated carbocycles. The van der Waals surface area contributed by atoms with Crippen LogP contribution in [0.5, 0.6) is 0 Å². The zero-order chi connectivity index (χ0) is 13.3. The summed E-state index contributed by atoms with van der Waals surface area (Å²) in [7, 11) is 0. The molecule has 2 aliphatic heterocycles. The first-order chi connectivity index (χ1) is 8.43. The first-order valence-corrected chi connectivity index (χ1v) is 6.22. The van der Waals surface area contributed by atoms with Crippen molar-refractivity contribution in [2.45, 2.75) is 25.1 Å². The van der Waals surface area contributed by atoms with Crippen LogP contribution in [0, 0.1) is 11.8 Å². The lowest BCUT2D eigenvalue weighted by atomic mass is 9.90. The largest absolute Gasteiger partial charge is 0.394 e. The molecule has 2 fully saturated rings. The van der Waals surface area contributed by atoms with Crippen molar-refractivity contribution in [3.8, 4) is 0 Å². The molecular weight excluding hydrogens is 247 g/mol. The van der Waals surface area contributed by atoms with Crippen LogP contribution in [0.2, 0.25) is 0 Å². The van der Waals surface area contributed by atoms with Crippen LogP contribution in [0.3, 0.4) is 0 Å². The van der Waals surface area contributed by atoms with E-state index in [2.05, 4.69) is 5.32 Å². The Morgan fingerprint density at radius 2 is 2.22 bits per heavy atom. The Labute approximate surface area is 104 Å². The molecule has 18 heavy (non-hydrogen) atoms. The summed E-state index contributed by atoms with van der Waals surface area (Å²) in [5.74, 6) is -1.68. The fourth-order valence-electron chi connectivity index (χ4n) is 2.86. The number of nitrogens with one attached hydrogen (secondary N) is 1. The average Bonchev–Trinajstić information content (AvgIpc) is 2.67. The molecular formula is C11H18F3N3O. The first kappa shape index (κ1) is 13.6. The highest BCUT2D eigenvalue weighted by Gasteiger charge is 2.45. The second-order valence-electron chi connectivity index (χ2n) is 5.03. The van der Waals surface area contributed by atoms with E-state index in [4.69, 9.17) is 5.73 Å². The van der Waals surface area contributed by atoms with Crippen LogP contribution < -0.4 is 11.1 Å². The molecule has 3 N–H and O–H groups in total. The number of amides is 1. The Kier molecular flexibility index (Phi) is 3.82. The Morgan fingerprint density at radius 1 is 1.50 bits per heavy atom. The number of hydrogen-bond donors (Lipinski definition) is 2. The van der Waals surface area contributed by atoms with E-state index >= 15 is 0 Å². The number of likely N-dealkylation sites (tertiary alicyclic amines) is 1. The maximum atomic E-state index is 12.7. The van der Waals surface area contributed by atoms with Gasteiger partial charge in [-0.05, 0) is 19.4 Å². The average molecular weight is 265 g/mol. The number of fused-ring (bicyclic) bond motifs is 1. The Hall–Kier alpha value is -0.820. The third-order valence-corrected chi connectivity index (χ3v) is 3.92. The van der Waals surface area contributed by atoms with Crippen molar-refractivity contribution in [2.24, 2.45) is 17.6 Å². The summed E-state index contributed by atoms with van der Waals surface area (Å²) < 4.78 is 38.1. The lowest BCUT2D eigenvalue weighted by Crippen LogP contribution is -2.50. The molecule has 0 aromatic carbocycles. The van der Waals surface area contributed by atoms with Crippen LogP contribution in [0.25, 0.3) is 0 Å². The number of hydrogen-bond acceptors (Lipinski definition) is 3. The van der Waals surface area contributed by atoms with Crippen LogP contribution in [0.15, 0.2) is 0 Å². The maximum Gasteiger partial charge on any atom is 0.394 e. The van der Waals surface area contributed by atoms with Crippen molar-refractivity contribution in [1.29, 1.82) is 0 Å². The van der Waals surface area contributed by atoms with Gasteiger partial charge in [-0.15, -0.1) is 0 Å². The molecule has 3 unspecified atom stereocenters. The highest BCUT2D eigenvalue weighted by atomic mass is 19.4. The van der Waals surface area contributed by atoms with Gasteiger partial charge in [-0.25, -0.2) is 0 Å². The predicted molar refractivity (Wildman–Crippen MR) is 59.7 cm³/mol. The van der Waals surface area contributed by atoms with Gasteiger partial charge in [0.15, 0.2) is 0 Å². The lowest BCUT2D eigenvalue weighted by molar-refractivity contribution is -0.178. The van der Waals surface area contributed by atoms with Gasteiger partial charge >= 0.3 is 6.18 Å². The van der Waals surface area contributed by atoms with Crippen LogP contribution in [-0.2, 0) is 4.79 Å². The molecule has 7 heteroatoms. The Morgan fingerprint density at radius 3 is 2.83 bits per heavy atom. The standard InChI is InChI=1S/C11H18F3N3O/c12-11(13,14)7(4-15)6-17-3-1-2-8-9(17)5-16-10(8)18/h7-9H,1-6,15H2,(H,16,18). The number of piperidine rings is 1. The second kappa shape index (κ2) is 5.05. The molecule has 0 aliphatic carbocycles. The van der Waals surface area contributed by atoms with Crippen molar-refractivity contribution in [2.75, 3.05) is 26.2 Å². The van der Waals surface area contributed by atoms with E-state index in [1.54, 1.807) is 4.90 Å². The van der Waals surface area contributed by atoms with Gasteiger partial charge in [-0.3, -0.25) is 9.69 Å². The molecule has 0 aromatic heterocycles. The molecule has 0 bridgehead atoms. The zero-order valence-electron chi connectivity index (χ0n) is 10.0. The van der Waals surface area contributed by atoms with E-state index in [0.29, 0.717) is 13.1 Å². The highest BCUT2D eigenvalue weighted by Crippen LogP contribution is 2.31. The van der Waals surface area contributed by atoms with Gasteiger partial charge in [0.25, 0.3) is 0 Å². The molecule has 1 amide bonds. The molecule has 0 aromatic rings. The summed E-state index contributed by atoms with van der Waals surface area (Å²) in [5.41, 5.74) is 5.21. The number of carbonyl (C=O) groups excluding carboxylic acids is 1. The van der Waals surface area contributed by atoms with Crippen LogP contribution >= 0.6 is 0 Å². The fraction of sp³-hybridized carbons (Fsp3) is 0.909. The van der Waals surface area contributed by atoms with Gasteiger partial charge in [-0.2, -0.15) is 13.2 Å². The summed E-state index contributed by atoms with van der Waals surface area (Å²) in [6.07, 6.45) is -2.73. The first-order valence-electron chi connectivity index (χ1n) is 6.22. The van der Waals surface area contributed by atoms with Crippen molar-refractivity contribution in [3.63, 3.8) is 0 Å². The number of halogens is 3. The smallest absolute Gasteiger partial charge is 0.354 e. The number of nitrogens with zero attached hydrogens (tertiary/aromatic N) is 1. The molecule has 2 aliphatic rings. The van der Waals surface area contributed by atoms with Gasteiger partial charge in [0.1, 0.15) is 0 Å². The fourth-order valence-corrected chi connectivity index (χ4v) is 2.86. The predicted octanol–water partition coefficient (Wildman–Crippen LogP) is 0.334. The minimum atomic E-state index is -4.27. The van der Waals surface area contributed by atoms with Gasteiger partial charge in [0.05, 0.1) is 11.8 Å². The third-order valence-electron chi connectivity index (χ3n) is 3.92. The SMILES string of the molecule is NCC(CN1CCCC2C(=O)NCC21)C(F)(F)F. The second-order valence-corrected chi connectivity index (χ2v) is 5.03. The van der Waals surface area contributed by atoms with Crippen LogP contribution in [-0.4, -0.2) is 49.2 Å². The van der Waals surface area contributed by atoms with E-state index in [0.717, 1.165) is 12.8 Å². The minimum absolute atomic E-state index is 0.0268. The topological polar surface area (TPSA) is 58.4 Å². The molecule has 2 heterocycles. The quantitative estimate of drug-likeness (QED) is 0.773. The summed E-state index contributed by atoms with van der Waals surface area (Å²) in [5, 5.41) is 2.73. The summed E-state index contributed by atoms with van der Waals surface area (Å²) in [6.45, 7) is 0.566. The normalized spacial score (nSPS) is 31.0. The van der Waals surface area contributed by atoms with Gasteiger partial charge < -0.3 is 11.1 Å². The number of rotatable bonds is 3. The number of nitrogens with two attached hydrogens (primary N) is 1. The van der Waals surface area contributed by atoms with E-state index in [9.17, 15) is 18.0 Å². The van der Waals surface area contributed by atoms with Crippen molar-refractivity contribution < 1.29 is 18.0 Å². The molecule has 104 valence electrons. The Balaban J connectivity index is 2.02. The van der Waals surface area contributed by atoms with E-state index in [1.165, 1.54) is 0 Å². The molecule has 2 saturated heterocycles. The zero-order valence-corrected chi connectivity index (χ0v) is 10.0. The van der Waals surface area contributed by atoms with Gasteiger partial charge in [0, 0.05) is 25.7 Å². The number of alkyl halides is 3. The lowest BCUT2D eigenvalue weighted by Gasteiger charge is -2.38. The van der Waals surface area contributed by atoms with E-state index < -0.39 is 18.6 Å². The highest BCUT2D eigenvalue weighted by molar-refractivity contribution is 5.82. The summed E-state index contributed by atoms with van der Waals surface area (Å²) in [4.78, 5) is 13.3. The monoisotopic (exact) mass is 265 g/mol. The van der Waals surface area contributed by atoms with Gasteiger partial charge in [-0.1, -0.05) is 0 Å². The van der Waals surface area contributed by atoms with Crippen molar-refractivity contribution >= 4 is 5.91 Å². The maximum absolute atomic E-state index is 12.7.